The molecule has 2 nitrogen and oxygen atoms in total. The van der Waals surface area contributed by atoms with E-state index in [2.05, 4.69) is 5.32 Å². The molecule has 0 spiro atoms. The summed E-state index contributed by atoms with van der Waals surface area (Å²) in [5.41, 5.74) is 7.50. The van der Waals surface area contributed by atoms with Crippen LogP contribution in [-0.2, 0) is 6.54 Å². The van der Waals surface area contributed by atoms with Crippen molar-refractivity contribution < 1.29 is 4.39 Å². The molecule has 3 N–H and O–H groups in total. The highest BCUT2D eigenvalue weighted by molar-refractivity contribution is 6.39. The highest BCUT2D eigenvalue weighted by Crippen LogP contribution is 2.33. The fourth-order valence-corrected chi connectivity index (χ4v) is 2.44. The molecule has 2 aromatic rings. The maximum Gasteiger partial charge on any atom is 0.141 e. The van der Waals surface area contributed by atoms with Crippen LogP contribution in [0.4, 0.5) is 15.8 Å². The molecule has 2 rings (SSSR count). The average Bonchev–Trinajstić information content (AvgIpc) is 2.32. The third-order valence-corrected chi connectivity index (χ3v) is 3.40. The minimum absolute atomic E-state index is 0.0776. The lowest BCUT2D eigenvalue weighted by Gasteiger charge is -2.11. The monoisotopic (exact) mass is 318 g/mol. The standard InChI is InChI=1S/C13H10Cl3FN2/c14-9-3-7(1-2-12(9)17)6-19-13-10(15)4-8(18)5-11(13)16/h1-5,19H,6,18H2. The van der Waals surface area contributed by atoms with E-state index in [0.717, 1.165) is 5.56 Å². The number of hydrogen-bond acceptors (Lipinski definition) is 2. The smallest absolute Gasteiger partial charge is 0.141 e. The maximum atomic E-state index is 13.0. The summed E-state index contributed by atoms with van der Waals surface area (Å²) in [4.78, 5) is 0. The molecule has 0 saturated carbocycles. The van der Waals surface area contributed by atoms with Crippen molar-refractivity contribution in [3.8, 4) is 0 Å². The minimum atomic E-state index is -0.450. The van der Waals surface area contributed by atoms with Crippen molar-refractivity contribution in [3.05, 3.63) is 56.8 Å². The number of anilines is 2. The topological polar surface area (TPSA) is 38.0 Å². The Labute approximate surface area is 125 Å². The first-order valence-electron chi connectivity index (χ1n) is 5.39. The van der Waals surface area contributed by atoms with E-state index < -0.39 is 5.82 Å². The van der Waals surface area contributed by atoms with Gasteiger partial charge in [-0.2, -0.15) is 0 Å². The summed E-state index contributed by atoms with van der Waals surface area (Å²) in [6.07, 6.45) is 0. The second-order valence-electron chi connectivity index (χ2n) is 3.96. The number of nitrogens with one attached hydrogen (secondary N) is 1. The lowest BCUT2D eigenvalue weighted by Crippen LogP contribution is -2.01. The third-order valence-electron chi connectivity index (χ3n) is 2.52. The fraction of sp³-hybridized carbons (Fsp3) is 0.0769. The van der Waals surface area contributed by atoms with Crippen LogP contribution in [0, 0.1) is 5.82 Å². The number of hydrogen-bond donors (Lipinski definition) is 2. The van der Waals surface area contributed by atoms with Crippen LogP contribution in [-0.4, -0.2) is 0 Å². The Bertz CT molecular complexity index is 594. The lowest BCUT2D eigenvalue weighted by molar-refractivity contribution is 0.627. The van der Waals surface area contributed by atoms with E-state index in [0.29, 0.717) is 28.0 Å². The van der Waals surface area contributed by atoms with Gasteiger partial charge in [0.1, 0.15) is 5.82 Å². The Kier molecular flexibility index (Phi) is 4.40. The van der Waals surface area contributed by atoms with Crippen LogP contribution in [0.2, 0.25) is 15.1 Å². The Hall–Kier alpha value is -1.16. The molecule has 0 radical (unpaired) electrons. The van der Waals surface area contributed by atoms with Gasteiger partial charge in [-0.1, -0.05) is 40.9 Å². The van der Waals surface area contributed by atoms with Crippen LogP contribution in [0.1, 0.15) is 5.56 Å². The minimum Gasteiger partial charge on any atom is -0.399 e. The van der Waals surface area contributed by atoms with Crippen LogP contribution in [0.25, 0.3) is 0 Å². The largest absolute Gasteiger partial charge is 0.399 e. The molecule has 0 fully saturated rings. The zero-order valence-electron chi connectivity index (χ0n) is 9.68. The van der Waals surface area contributed by atoms with Gasteiger partial charge in [-0.15, -0.1) is 0 Å². The second-order valence-corrected chi connectivity index (χ2v) is 5.18. The van der Waals surface area contributed by atoms with Gasteiger partial charge in [-0.05, 0) is 29.8 Å². The van der Waals surface area contributed by atoms with Gasteiger partial charge in [0.2, 0.25) is 0 Å². The highest BCUT2D eigenvalue weighted by atomic mass is 35.5. The summed E-state index contributed by atoms with van der Waals surface area (Å²) in [6, 6.07) is 7.70. The first-order valence-corrected chi connectivity index (χ1v) is 6.53. The number of halogens is 4. The van der Waals surface area contributed by atoms with Crippen LogP contribution in [0.5, 0.6) is 0 Å². The molecule has 0 aromatic heterocycles. The third kappa shape index (κ3) is 3.44. The molecule has 0 amide bonds. The van der Waals surface area contributed by atoms with Crippen molar-refractivity contribution in [2.75, 3.05) is 11.1 Å². The number of rotatable bonds is 3. The van der Waals surface area contributed by atoms with Gasteiger partial charge in [0.25, 0.3) is 0 Å². The zero-order valence-corrected chi connectivity index (χ0v) is 12.0. The van der Waals surface area contributed by atoms with Crippen molar-refractivity contribution in [3.63, 3.8) is 0 Å². The average molecular weight is 320 g/mol. The summed E-state index contributed by atoms with van der Waals surface area (Å²) in [5.74, 6) is -0.450. The van der Waals surface area contributed by atoms with Crippen molar-refractivity contribution >= 4 is 46.2 Å². The predicted octanol–water partition coefficient (Wildman–Crippen LogP) is 4.98. The Morgan fingerprint density at radius 1 is 1.00 bits per heavy atom. The van der Waals surface area contributed by atoms with Gasteiger partial charge >= 0.3 is 0 Å². The van der Waals surface area contributed by atoms with Crippen LogP contribution < -0.4 is 11.1 Å². The molecule has 6 heteroatoms. The second kappa shape index (κ2) is 5.87. The van der Waals surface area contributed by atoms with Crippen LogP contribution >= 0.6 is 34.8 Å². The molecule has 0 unspecified atom stereocenters. The number of nitrogen functional groups attached to an aromatic ring is 1. The van der Waals surface area contributed by atoms with Crippen molar-refractivity contribution in [1.29, 1.82) is 0 Å². The summed E-state index contributed by atoms with van der Waals surface area (Å²) in [6.45, 7) is 0.420. The van der Waals surface area contributed by atoms with E-state index in [4.69, 9.17) is 40.5 Å². The van der Waals surface area contributed by atoms with E-state index in [-0.39, 0.29) is 5.02 Å². The molecule has 0 heterocycles. The van der Waals surface area contributed by atoms with Crippen molar-refractivity contribution in [2.24, 2.45) is 0 Å². The van der Waals surface area contributed by atoms with E-state index >= 15 is 0 Å². The van der Waals surface area contributed by atoms with Gasteiger partial charge in [0, 0.05) is 12.2 Å². The van der Waals surface area contributed by atoms with E-state index in [9.17, 15) is 4.39 Å². The maximum absolute atomic E-state index is 13.0. The Morgan fingerprint density at radius 2 is 1.63 bits per heavy atom. The molecular weight excluding hydrogens is 310 g/mol. The molecule has 0 aliphatic heterocycles. The highest BCUT2D eigenvalue weighted by Gasteiger charge is 2.07. The molecule has 0 saturated heterocycles. The normalized spacial score (nSPS) is 10.5. The van der Waals surface area contributed by atoms with Crippen molar-refractivity contribution in [2.45, 2.75) is 6.54 Å². The fourth-order valence-electron chi connectivity index (χ4n) is 1.60. The van der Waals surface area contributed by atoms with E-state index in [1.807, 2.05) is 0 Å². The van der Waals surface area contributed by atoms with Gasteiger partial charge in [0.05, 0.1) is 20.8 Å². The van der Waals surface area contributed by atoms with Crippen LogP contribution in [0.15, 0.2) is 30.3 Å². The van der Waals surface area contributed by atoms with E-state index in [1.165, 1.54) is 6.07 Å². The SMILES string of the molecule is Nc1cc(Cl)c(NCc2ccc(F)c(Cl)c2)c(Cl)c1. The summed E-state index contributed by atoms with van der Waals surface area (Å²) in [7, 11) is 0. The summed E-state index contributed by atoms with van der Waals surface area (Å²) < 4.78 is 13.0. The summed E-state index contributed by atoms with van der Waals surface area (Å²) in [5, 5.41) is 4.01. The molecular formula is C13H10Cl3FN2. The zero-order chi connectivity index (χ0) is 14.0. The Balaban J connectivity index is 2.16. The van der Waals surface area contributed by atoms with Gasteiger partial charge in [-0.25, -0.2) is 4.39 Å². The quantitative estimate of drug-likeness (QED) is 0.783. The number of nitrogens with two attached hydrogens (primary N) is 1. The van der Waals surface area contributed by atoms with Crippen molar-refractivity contribution in [1.82, 2.24) is 0 Å². The molecule has 19 heavy (non-hydrogen) atoms. The molecule has 0 aliphatic carbocycles. The molecule has 0 atom stereocenters. The molecule has 100 valence electrons. The Morgan fingerprint density at radius 3 is 2.21 bits per heavy atom. The molecule has 0 aliphatic rings. The number of benzene rings is 2. The first kappa shape index (κ1) is 14.3. The first-order chi connectivity index (χ1) is 8.97. The van der Waals surface area contributed by atoms with Gasteiger partial charge in [-0.3, -0.25) is 0 Å². The lowest BCUT2D eigenvalue weighted by atomic mass is 10.2. The summed E-state index contributed by atoms with van der Waals surface area (Å²) >= 11 is 17.8. The van der Waals surface area contributed by atoms with Gasteiger partial charge in [0.15, 0.2) is 0 Å². The predicted molar refractivity (Wildman–Crippen MR) is 79.6 cm³/mol. The molecule has 0 bridgehead atoms. The van der Waals surface area contributed by atoms with E-state index in [1.54, 1.807) is 24.3 Å². The van der Waals surface area contributed by atoms with Crippen LogP contribution in [0.3, 0.4) is 0 Å². The molecule has 2 aromatic carbocycles. The van der Waals surface area contributed by atoms with Gasteiger partial charge < -0.3 is 11.1 Å².